The maximum atomic E-state index is 6.34. The van der Waals surface area contributed by atoms with Crippen molar-refractivity contribution in [2.24, 2.45) is 5.92 Å². The lowest BCUT2D eigenvalue weighted by Crippen LogP contribution is -2.20. The van der Waals surface area contributed by atoms with E-state index in [1.807, 2.05) is 30.3 Å². The van der Waals surface area contributed by atoms with Crippen molar-refractivity contribution in [2.75, 3.05) is 6.61 Å². The van der Waals surface area contributed by atoms with Crippen molar-refractivity contribution in [2.45, 2.75) is 43.9 Å². The quantitative estimate of drug-likeness (QED) is 0.548. The molecule has 0 radical (unpaired) electrons. The summed E-state index contributed by atoms with van der Waals surface area (Å²) in [5.41, 5.74) is 0. The molecule has 0 aromatic heterocycles. The molecule has 0 spiro atoms. The van der Waals surface area contributed by atoms with Crippen LogP contribution in [0.25, 0.3) is 0 Å². The van der Waals surface area contributed by atoms with E-state index in [1.165, 1.54) is 32.1 Å². The topological polar surface area (TPSA) is 9.23 Å². The fraction of sp³-hybridized carbons (Fsp3) is 0.600. The third kappa shape index (κ3) is 4.23. The third-order valence-corrected chi connectivity index (χ3v) is 4.12. The van der Waals surface area contributed by atoms with Crippen LogP contribution in [0.4, 0.5) is 0 Å². The SMILES string of the molecule is ClC1CCCCC1CCCOc1ccccc1. The van der Waals surface area contributed by atoms with Crippen molar-refractivity contribution >= 4 is 11.6 Å². The van der Waals surface area contributed by atoms with Crippen molar-refractivity contribution in [1.29, 1.82) is 0 Å². The molecule has 1 aliphatic carbocycles. The largest absolute Gasteiger partial charge is 0.494 e. The van der Waals surface area contributed by atoms with Crippen LogP contribution in [0.1, 0.15) is 38.5 Å². The molecule has 2 atom stereocenters. The van der Waals surface area contributed by atoms with Gasteiger partial charge in [0.2, 0.25) is 0 Å². The molecule has 0 saturated heterocycles. The lowest BCUT2D eigenvalue weighted by atomic mass is 9.86. The number of para-hydroxylation sites is 1. The summed E-state index contributed by atoms with van der Waals surface area (Å²) in [5, 5.41) is 0.403. The highest BCUT2D eigenvalue weighted by Crippen LogP contribution is 2.31. The van der Waals surface area contributed by atoms with Gasteiger partial charge in [-0.1, -0.05) is 31.0 Å². The lowest BCUT2D eigenvalue weighted by Gasteiger charge is -2.26. The summed E-state index contributed by atoms with van der Waals surface area (Å²) in [4.78, 5) is 0. The van der Waals surface area contributed by atoms with E-state index in [0.29, 0.717) is 11.3 Å². The lowest BCUT2D eigenvalue weighted by molar-refractivity contribution is 0.271. The molecular weight excluding hydrogens is 232 g/mol. The maximum Gasteiger partial charge on any atom is 0.119 e. The average Bonchev–Trinajstić information content (AvgIpc) is 2.38. The summed E-state index contributed by atoms with van der Waals surface area (Å²) in [6.07, 6.45) is 7.49. The molecule has 1 aromatic rings. The molecular formula is C15H21ClO. The van der Waals surface area contributed by atoms with Gasteiger partial charge in [0.15, 0.2) is 0 Å². The summed E-state index contributed by atoms with van der Waals surface area (Å²) in [7, 11) is 0. The summed E-state index contributed by atoms with van der Waals surface area (Å²) >= 11 is 6.34. The molecule has 2 heteroatoms. The zero-order valence-electron chi connectivity index (χ0n) is 10.3. The van der Waals surface area contributed by atoms with Crippen molar-refractivity contribution in [3.8, 4) is 5.75 Å². The Morgan fingerprint density at radius 2 is 1.88 bits per heavy atom. The van der Waals surface area contributed by atoms with Crippen LogP contribution in [0.5, 0.6) is 5.75 Å². The van der Waals surface area contributed by atoms with E-state index in [9.17, 15) is 0 Å². The molecule has 0 aliphatic heterocycles. The molecule has 1 saturated carbocycles. The van der Waals surface area contributed by atoms with Gasteiger partial charge in [-0.2, -0.15) is 0 Å². The van der Waals surface area contributed by atoms with Gasteiger partial charge in [-0.05, 0) is 43.7 Å². The Bertz CT molecular complexity index is 312. The molecule has 0 bridgehead atoms. The third-order valence-electron chi connectivity index (χ3n) is 3.55. The normalized spacial score (nSPS) is 24.5. The number of rotatable bonds is 5. The first-order valence-electron chi connectivity index (χ1n) is 6.68. The Morgan fingerprint density at radius 1 is 1.12 bits per heavy atom. The van der Waals surface area contributed by atoms with Crippen molar-refractivity contribution < 1.29 is 4.74 Å². The van der Waals surface area contributed by atoms with Crippen LogP contribution < -0.4 is 4.74 Å². The second kappa shape index (κ2) is 6.90. The monoisotopic (exact) mass is 252 g/mol. The van der Waals surface area contributed by atoms with E-state index >= 15 is 0 Å². The van der Waals surface area contributed by atoms with Crippen LogP contribution >= 0.6 is 11.6 Å². The molecule has 0 amide bonds. The van der Waals surface area contributed by atoms with Crippen LogP contribution in [0, 0.1) is 5.92 Å². The van der Waals surface area contributed by atoms with E-state index in [2.05, 4.69) is 0 Å². The van der Waals surface area contributed by atoms with Gasteiger partial charge in [-0.3, -0.25) is 0 Å². The number of benzene rings is 1. The molecule has 17 heavy (non-hydrogen) atoms. The van der Waals surface area contributed by atoms with E-state index in [4.69, 9.17) is 16.3 Å². The van der Waals surface area contributed by atoms with Gasteiger partial charge in [0.25, 0.3) is 0 Å². The molecule has 1 aromatic carbocycles. The first-order valence-corrected chi connectivity index (χ1v) is 7.12. The second-order valence-electron chi connectivity index (χ2n) is 4.86. The summed E-state index contributed by atoms with van der Waals surface area (Å²) in [6.45, 7) is 0.810. The molecule has 2 rings (SSSR count). The summed E-state index contributed by atoms with van der Waals surface area (Å²) in [6, 6.07) is 10.0. The Morgan fingerprint density at radius 3 is 2.65 bits per heavy atom. The Labute approximate surface area is 109 Å². The predicted molar refractivity (Wildman–Crippen MR) is 72.8 cm³/mol. The average molecular weight is 253 g/mol. The minimum Gasteiger partial charge on any atom is -0.494 e. The van der Waals surface area contributed by atoms with Crippen molar-refractivity contribution in [1.82, 2.24) is 0 Å². The van der Waals surface area contributed by atoms with Gasteiger partial charge in [0.1, 0.15) is 5.75 Å². The molecule has 94 valence electrons. The Balaban J connectivity index is 1.63. The highest BCUT2D eigenvalue weighted by molar-refractivity contribution is 6.20. The number of hydrogen-bond donors (Lipinski definition) is 0. The smallest absolute Gasteiger partial charge is 0.119 e. The molecule has 1 aliphatic rings. The van der Waals surface area contributed by atoms with Gasteiger partial charge >= 0.3 is 0 Å². The number of alkyl halides is 1. The number of hydrogen-bond acceptors (Lipinski definition) is 1. The number of ether oxygens (including phenoxy) is 1. The van der Waals surface area contributed by atoms with Crippen LogP contribution in [0.15, 0.2) is 30.3 Å². The fourth-order valence-corrected chi connectivity index (χ4v) is 2.95. The Kier molecular flexibility index (Phi) is 5.18. The van der Waals surface area contributed by atoms with Crippen molar-refractivity contribution in [3.63, 3.8) is 0 Å². The van der Waals surface area contributed by atoms with Crippen LogP contribution in [-0.2, 0) is 0 Å². The molecule has 1 nitrogen and oxygen atoms in total. The molecule has 2 unspecified atom stereocenters. The zero-order chi connectivity index (χ0) is 11.9. The second-order valence-corrected chi connectivity index (χ2v) is 5.42. The molecule has 1 fully saturated rings. The molecule has 0 heterocycles. The first kappa shape index (κ1) is 12.8. The van der Waals surface area contributed by atoms with Crippen molar-refractivity contribution in [3.05, 3.63) is 30.3 Å². The van der Waals surface area contributed by atoms with Crippen LogP contribution in [-0.4, -0.2) is 12.0 Å². The van der Waals surface area contributed by atoms with Gasteiger partial charge in [-0.25, -0.2) is 0 Å². The van der Waals surface area contributed by atoms with E-state index in [1.54, 1.807) is 0 Å². The molecule has 0 N–H and O–H groups in total. The minimum absolute atomic E-state index is 0.403. The highest BCUT2D eigenvalue weighted by Gasteiger charge is 2.22. The van der Waals surface area contributed by atoms with E-state index in [-0.39, 0.29) is 0 Å². The van der Waals surface area contributed by atoms with Gasteiger partial charge in [0, 0.05) is 5.38 Å². The highest BCUT2D eigenvalue weighted by atomic mass is 35.5. The predicted octanol–water partition coefficient (Wildman–Crippen LogP) is 4.64. The number of halogens is 1. The van der Waals surface area contributed by atoms with E-state index in [0.717, 1.165) is 18.8 Å². The van der Waals surface area contributed by atoms with Crippen LogP contribution in [0.2, 0.25) is 0 Å². The summed E-state index contributed by atoms with van der Waals surface area (Å²) < 4.78 is 5.69. The fourth-order valence-electron chi connectivity index (χ4n) is 2.54. The Hall–Kier alpha value is -0.690. The van der Waals surface area contributed by atoms with Gasteiger partial charge in [0.05, 0.1) is 6.61 Å². The minimum atomic E-state index is 0.403. The first-order chi connectivity index (χ1) is 8.36. The zero-order valence-corrected chi connectivity index (χ0v) is 11.0. The van der Waals surface area contributed by atoms with Crippen LogP contribution in [0.3, 0.4) is 0 Å². The maximum absolute atomic E-state index is 6.34. The summed E-state index contributed by atoms with van der Waals surface area (Å²) in [5.74, 6) is 1.68. The standard InChI is InChI=1S/C15H21ClO/c16-15-11-5-4-7-13(15)8-6-12-17-14-9-2-1-3-10-14/h1-3,9-10,13,15H,4-8,11-12H2. The van der Waals surface area contributed by atoms with Gasteiger partial charge in [-0.15, -0.1) is 11.6 Å². The van der Waals surface area contributed by atoms with Gasteiger partial charge < -0.3 is 4.74 Å². The van der Waals surface area contributed by atoms with E-state index < -0.39 is 0 Å².